The molecule has 1 saturated heterocycles. The third-order valence-electron chi connectivity index (χ3n) is 5.43. The van der Waals surface area contributed by atoms with Crippen molar-refractivity contribution in [2.45, 2.75) is 52.1 Å². The molecule has 0 spiro atoms. The van der Waals surface area contributed by atoms with Crippen LogP contribution in [0.5, 0.6) is 5.75 Å². The number of rotatable bonds is 4. The summed E-state index contributed by atoms with van der Waals surface area (Å²) in [5.74, 6) is -2.76. The Morgan fingerprint density at radius 3 is 2.56 bits per heavy atom. The highest BCUT2D eigenvalue weighted by atomic mass is 19.2. The van der Waals surface area contributed by atoms with E-state index in [1.807, 2.05) is 0 Å². The molecule has 0 aromatic heterocycles. The largest absolute Gasteiger partial charge is 0.450 e. The molecule has 1 fully saturated rings. The Morgan fingerprint density at radius 2 is 1.96 bits per heavy atom. The van der Waals surface area contributed by atoms with E-state index in [2.05, 4.69) is 20.1 Å². The zero-order chi connectivity index (χ0) is 19.7. The molecule has 146 valence electrons. The Kier molecular flexibility index (Phi) is 5.80. The van der Waals surface area contributed by atoms with E-state index in [0.717, 1.165) is 12.8 Å². The lowest BCUT2D eigenvalue weighted by Crippen LogP contribution is -2.22. The maximum atomic E-state index is 14.7. The van der Waals surface area contributed by atoms with Crippen LogP contribution in [0.3, 0.4) is 0 Å². The van der Waals surface area contributed by atoms with Crippen molar-refractivity contribution in [3.05, 3.63) is 64.7 Å². The smallest absolute Gasteiger partial charge is 0.201 e. The molecule has 0 aliphatic carbocycles. The molecule has 5 heteroatoms. The number of hydrogen-bond donors (Lipinski definition) is 0. The van der Waals surface area contributed by atoms with Crippen molar-refractivity contribution in [1.82, 2.24) is 0 Å². The van der Waals surface area contributed by atoms with E-state index in [4.69, 9.17) is 9.47 Å². The Hall–Kier alpha value is -2.01. The van der Waals surface area contributed by atoms with Gasteiger partial charge in [-0.2, -0.15) is 4.39 Å². The molecule has 2 atom stereocenters. The van der Waals surface area contributed by atoms with Crippen molar-refractivity contribution < 1.29 is 22.6 Å². The first-order valence-electron chi connectivity index (χ1n) is 9.43. The molecule has 0 saturated carbocycles. The molecule has 27 heavy (non-hydrogen) atoms. The van der Waals surface area contributed by atoms with E-state index in [1.165, 1.54) is 0 Å². The first-order valence-corrected chi connectivity index (χ1v) is 9.43. The molecule has 2 heterocycles. The van der Waals surface area contributed by atoms with Crippen LogP contribution < -0.4 is 4.74 Å². The predicted molar refractivity (Wildman–Crippen MR) is 99.1 cm³/mol. The Balaban J connectivity index is 1.95. The van der Waals surface area contributed by atoms with Gasteiger partial charge in [-0.1, -0.05) is 33.4 Å². The van der Waals surface area contributed by atoms with Gasteiger partial charge in [0.25, 0.3) is 0 Å². The van der Waals surface area contributed by atoms with E-state index in [9.17, 15) is 13.2 Å². The van der Waals surface area contributed by atoms with Gasteiger partial charge < -0.3 is 9.47 Å². The van der Waals surface area contributed by atoms with Crippen LogP contribution in [0.15, 0.2) is 42.0 Å². The number of fused-ring (bicyclic) bond motifs is 1. The number of benzene rings is 1. The first kappa shape index (κ1) is 19.7. The van der Waals surface area contributed by atoms with Crippen molar-refractivity contribution in [3.63, 3.8) is 0 Å². The fourth-order valence-electron chi connectivity index (χ4n) is 3.53. The lowest BCUT2D eigenvalue weighted by molar-refractivity contribution is -0.0202. The van der Waals surface area contributed by atoms with E-state index >= 15 is 0 Å². The minimum absolute atomic E-state index is 0.167. The van der Waals surface area contributed by atoms with Crippen LogP contribution in [0, 0.1) is 17.6 Å². The van der Waals surface area contributed by atoms with Gasteiger partial charge >= 0.3 is 0 Å². The normalized spacial score (nSPS) is 24.3. The molecule has 0 radical (unpaired) electrons. The van der Waals surface area contributed by atoms with Crippen molar-refractivity contribution in [1.29, 1.82) is 0 Å². The maximum absolute atomic E-state index is 14.7. The van der Waals surface area contributed by atoms with E-state index in [1.54, 1.807) is 13.0 Å². The van der Waals surface area contributed by atoms with Gasteiger partial charge in [0.1, 0.15) is 0 Å². The fourth-order valence-corrected chi connectivity index (χ4v) is 3.53. The highest BCUT2D eigenvalue weighted by molar-refractivity contribution is 5.51. The van der Waals surface area contributed by atoms with Gasteiger partial charge in [-0.25, -0.2) is 8.78 Å². The van der Waals surface area contributed by atoms with Crippen molar-refractivity contribution in [2.24, 2.45) is 5.92 Å². The molecule has 2 aliphatic heterocycles. The van der Waals surface area contributed by atoms with Gasteiger partial charge in [-0.3, -0.25) is 0 Å². The lowest BCUT2D eigenvalue weighted by atomic mass is 9.90. The molecule has 2 aliphatic rings. The summed E-state index contributed by atoms with van der Waals surface area (Å²) in [6, 6.07) is 1.57. The molecular formula is C22H25F3O2. The molecule has 0 amide bonds. The summed E-state index contributed by atoms with van der Waals surface area (Å²) in [4.78, 5) is 0. The molecule has 2 nitrogen and oxygen atoms in total. The summed E-state index contributed by atoms with van der Waals surface area (Å²) in [5, 5.41) is 0. The first-order chi connectivity index (χ1) is 12.9. The summed E-state index contributed by atoms with van der Waals surface area (Å²) in [6.45, 7) is 11.8. The molecular weight excluding hydrogens is 353 g/mol. The molecule has 2 unspecified atom stereocenters. The topological polar surface area (TPSA) is 18.5 Å². The Labute approximate surface area is 158 Å². The van der Waals surface area contributed by atoms with Crippen LogP contribution in [-0.2, 0) is 11.2 Å². The standard InChI is InChI=1S/C22H25F3O2/c1-5-12(3)18(23)21-13(4)9-15-10-16(19(24)20(25)22(15)27-21)17-8-7-14(6-2)11-26-17/h10,14,17H,3-9,11H2,1-2H3/b21-18-. The lowest BCUT2D eigenvalue weighted by Gasteiger charge is -2.30. The molecule has 0 bridgehead atoms. The molecule has 3 rings (SSSR count). The Bertz CT molecular complexity index is 802. The van der Waals surface area contributed by atoms with Gasteiger partial charge in [0.15, 0.2) is 23.2 Å². The Morgan fingerprint density at radius 1 is 1.22 bits per heavy atom. The van der Waals surface area contributed by atoms with Crippen LogP contribution in [0.1, 0.15) is 56.8 Å². The van der Waals surface area contributed by atoms with Crippen molar-refractivity contribution >= 4 is 0 Å². The summed E-state index contributed by atoms with van der Waals surface area (Å²) < 4.78 is 55.1. The van der Waals surface area contributed by atoms with Gasteiger partial charge in [0.2, 0.25) is 5.82 Å². The molecule has 1 aromatic rings. The molecule has 0 N–H and O–H groups in total. The summed E-state index contributed by atoms with van der Waals surface area (Å²) in [6.07, 6.45) is 2.65. The quantitative estimate of drug-likeness (QED) is 0.597. The third-order valence-corrected chi connectivity index (χ3v) is 5.43. The second-order valence-corrected chi connectivity index (χ2v) is 7.24. The van der Waals surface area contributed by atoms with Crippen LogP contribution in [0.25, 0.3) is 0 Å². The minimum atomic E-state index is -1.11. The number of hydrogen-bond acceptors (Lipinski definition) is 2. The van der Waals surface area contributed by atoms with Crippen LogP contribution in [0.2, 0.25) is 0 Å². The van der Waals surface area contributed by atoms with E-state index in [-0.39, 0.29) is 29.1 Å². The SMILES string of the molecule is C=C(CC)/C(F)=C1/Oc2c(cc(C3CCC(CC)CO3)c(F)c2F)CC1=C. The second-order valence-electron chi connectivity index (χ2n) is 7.24. The number of allylic oxidation sites excluding steroid dienone is 3. The third kappa shape index (κ3) is 3.70. The second kappa shape index (κ2) is 7.93. The van der Waals surface area contributed by atoms with Crippen molar-refractivity contribution in [2.75, 3.05) is 6.61 Å². The fraction of sp³-hybridized carbons (Fsp3) is 0.455. The summed E-state index contributed by atoms with van der Waals surface area (Å²) in [7, 11) is 0. The van der Waals surface area contributed by atoms with Gasteiger partial charge in [0.05, 0.1) is 12.7 Å². The number of halogens is 3. The van der Waals surface area contributed by atoms with Crippen molar-refractivity contribution in [3.8, 4) is 5.75 Å². The van der Waals surface area contributed by atoms with Crippen LogP contribution >= 0.6 is 0 Å². The highest BCUT2D eigenvalue weighted by Crippen LogP contribution is 2.42. The maximum Gasteiger partial charge on any atom is 0.201 e. The van der Waals surface area contributed by atoms with Gasteiger partial charge in [-0.05, 0) is 42.4 Å². The zero-order valence-corrected chi connectivity index (χ0v) is 15.8. The van der Waals surface area contributed by atoms with E-state index in [0.29, 0.717) is 36.5 Å². The number of ether oxygens (including phenoxy) is 2. The molecule has 1 aromatic carbocycles. The average Bonchev–Trinajstić information content (AvgIpc) is 2.69. The van der Waals surface area contributed by atoms with Gasteiger partial charge in [0, 0.05) is 17.5 Å². The predicted octanol–water partition coefficient (Wildman–Crippen LogP) is 6.48. The highest BCUT2D eigenvalue weighted by Gasteiger charge is 2.32. The minimum Gasteiger partial charge on any atom is -0.450 e. The average molecular weight is 378 g/mol. The monoisotopic (exact) mass is 378 g/mol. The van der Waals surface area contributed by atoms with Gasteiger partial charge in [-0.15, -0.1) is 0 Å². The van der Waals surface area contributed by atoms with Crippen LogP contribution in [-0.4, -0.2) is 6.61 Å². The zero-order valence-electron chi connectivity index (χ0n) is 15.8. The van der Waals surface area contributed by atoms with E-state index < -0.39 is 23.6 Å². The summed E-state index contributed by atoms with van der Waals surface area (Å²) >= 11 is 0. The van der Waals surface area contributed by atoms with Crippen LogP contribution in [0.4, 0.5) is 13.2 Å². The summed E-state index contributed by atoms with van der Waals surface area (Å²) in [5.41, 5.74) is 1.26.